The smallest absolute Gasteiger partial charge is 0.234 e. The number of nitrogens with zero attached hydrogens (tertiary/aromatic N) is 6. The van der Waals surface area contributed by atoms with Crippen molar-refractivity contribution in [2.75, 3.05) is 0 Å². The van der Waals surface area contributed by atoms with Crippen molar-refractivity contribution in [3.63, 3.8) is 0 Å². The third-order valence-electron chi connectivity index (χ3n) is 10.0. The highest BCUT2D eigenvalue weighted by Gasteiger charge is 2.19. The molecule has 3 aromatic heterocycles. The van der Waals surface area contributed by atoms with E-state index in [4.69, 9.17) is 24.9 Å². The molecule has 0 spiro atoms. The van der Waals surface area contributed by atoms with Crippen LogP contribution >= 0.6 is 0 Å². The van der Waals surface area contributed by atoms with Crippen LogP contribution in [0.4, 0.5) is 0 Å². The molecule has 0 atom stereocenters. The van der Waals surface area contributed by atoms with Gasteiger partial charge in [0.15, 0.2) is 17.5 Å². The second-order valence-electron chi connectivity index (χ2n) is 13.4. The zero-order chi connectivity index (χ0) is 36.6. The summed E-state index contributed by atoms with van der Waals surface area (Å²) in [6.45, 7) is 0. The Hall–Kier alpha value is -7.57. The molecule has 10 aromatic rings. The van der Waals surface area contributed by atoms with Gasteiger partial charge in [-0.2, -0.15) is 0 Å². The molecule has 55 heavy (non-hydrogen) atoms. The first-order valence-electron chi connectivity index (χ1n) is 18.3. The van der Waals surface area contributed by atoms with Gasteiger partial charge in [-0.1, -0.05) is 158 Å². The van der Waals surface area contributed by atoms with E-state index in [1.54, 1.807) is 0 Å². The van der Waals surface area contributed by atoms with Gasteiger partial charge in [0.05, 0.1) is 16.6 Å². The Morgan fingerprint density at radius 1 is 0.309 bits per heavy atom. The molecule has 0 aliphatic rings. The SMILES string of the molecule is c1ccc(-c2nc(-c3cnc(-n4c5ccccc5c5ccccc54)nc3)nc(-c3ccc(-c4ccccc4-c4ccccc4)cc3-c3ccccc3)n2)cc1. The van der Waals surface area contributed by atoms with E-state index < -0.39 is 0 Å². The maximum absolute atomic E-state index is 5.14. The summed E-state index contributed by atoms with van der Waals surface area (Å²) in [5.74, 6) is 2.22. The summed E-state index contributed by atoms with van der Waals surface area (Å²) in [6.07, 6.45) is 3.61. The lowest BCUT2D eigenvalue weighted by molar-refractivity contribution is 0.982. The predicted octanol–water partition coefficient (Wildman–Crippen LogP) is 11.8. The normalized spacial score (nSPS) is 11.3. The van der Waals surface area contributed by atoms with Gasteiger partial charge in [-0.3, -0.25) is 4.57 Å². The highest BCUT2D eigenvalue weighted by atomic mass is 15.2. The second-order valence-corrected chi connectivity index (χ2v) is 13.4. The summed E-state index contributed by atoms with van der Waals surface area (Å²) in [5.41, 5.74) is 11.3. The standard InChI is InChI=1S/C49H32N6/c1-4-16-33(17-5-1)38-22-10-11-23-39(38)36-28-29-42(43(30-36)34-18-6-2-7-19-34)48-53-46(35-20-8-3-9-21-35)52-47(54-48)37-31-50-49(51-32-37)55-44-26-14-12-24-40(44)41-25-13-15-27-45(41)55/h1-32H. The minimum Gasteiger partial charge on any atom is -0.278 e. The van der Waals surface area contributed by atoms with Gasteiger partial charge in [-0.25, -0.2) is 24.9 Å². The lowest BCUT2D eigenvalue weighted by Crippen LogP contribution is -2.04. The Balaban J connectivity index is 1.13. The number of hydrogen-bond donors (Lipinski definition) is 0. The number of rotatable bonds is 7. The van der Waals surface area contributed by atoms with Gasteiger partial charge < -0.3 is 0 Å². The number of para-hydroxylation sites is 2. The molecule has 0 radical (unpaired) electrons. The van der Waals surface area contributed by atoms with Crippen molar-refractivity contribution in [2.24, 2.45) is 0 Å². The molecule has 0 N–H and O–H groups in total. The van der Waals surface area contributed by atoms with E-state index in [-0.39, 0.29) is 0 Å². The van der Waals surface area contributed by atoms with E-state index in [0.717, 1.165) is 55.2 Å². The monoisotopic (exact) mass is 704 g/mol. The summed E-state index contributed by atoms with van der Waals surface area (Å²) in [5, 5.41) is 2.31. The van der Waals surface area contributed by atoms with Crippen LogP contribution in [0.15, 0.2) is 194 Å². The molecule has 6 heteroatoms. The van der Waals surface area contributed by atoms with Crippen LogP contribution in [0.25, 0.3) is 95.3 Å². The van der Waals surface area contributed by atoms with Crippen molar-refractivity contribution < 1.29 is 0 Å². The van der Waals surface area contributed by atoms with Gasteiger partial charge in [0.2, 0.25) is 5.95 Å². The van der Waals surface area contributed by atoms with E-state index in [9.17, 15) is 0 Å². The van der Waals surface area contributed by atoms with E-state index in [1.165, 1.54) is 11.1 Å². The molecule has 258 valence electrons. The molecule has 0 aliphatic heterocycles. The molecule has 0 bridgehead atoms. The molecule has 0 unspecified atom stereocenters. The zero-order valence-electron chi connectivity index (χ0n) is 29.7. The fourth-order valence-electron chi connectivity index (χ4n) is 7.40. The molecule has 0 aliphatic carbocycles. The lowest BCUT2D eigenvalue weighted by Gasteiger charge is -2.15. The highest BCUT2D eigenvalue weighted by Crippen LogP contribution is 2.39. The maximum atomic E-state index is 5.14. The Morgan fingerprint density at radius 2 is 0.764 bits per heavy atom. The minimum atomic E-state index is 0.495. The summed E-state index contributed by atoms with van der Waals surface area (Å²) in [7, 11) is 0. The summed E-state index contributed by atoms with van der Waals surface area (Å²) < 4.78 is 2.10. The van der Waals surface area contributed by atoms with Crippen LogP contribution in [0, 0.1) is 0 Å². The third kappa shape index (κ3) is 5.92. The predicted molar refractivity (Wildman–Crippen MR) is 222 cm³/mol. The Bertz CT molecular complexity index is 2900. The molecular formula is C49H32N6. The Morgan fingerprint density at radius 3 is 1.36 bits per heavy atom. The van der Waals surface area contributed by atoms with Crippen LogP contribution in [0.3, 0.4) is 0 Å². The van der Waals surface area contributed by atoms with E-state index in [1.807, 2.05) is 67.0 Å². The van der Waals surface area contributed by atoms with Crippen LogP contribution in [0.2, 0.25) is 0 Å². The Labute approximate surface area is 318 Å². The van der Waals surface area contributed by atoms with Crippen molar-refractivity contribution in [3.05, 3.63) is 194 Å². The van der Waals surface area contributed by atoms with E-state index in [0.29, 0.717) is 29.0 Å². The van der Waals surface area contributed by atoms with Gasteiger partial charge in [-0.05, 0) is 57.6 Å². The van der Waals surface area contributed by atoms with Crippen molar-refractivity contribution in [1.29, 1.82) is 0 Å². The molecule has 0 saturated heterocycles. The maximum Gasteiger partial charge on any atom is 0.234 e. The van der Waals surface area contributed by atoms with Gasteiger partial charge >= 0.3 is 0 Å². The van der Waals surface area contributed by atoms with Crippen LogP contribution in [0.1, 0.15) is 0 Å². The summed E-state index contributed by atoms with van der Waals surface area (Å²) in [6, 6.07) is 62.8. The molecule has 10 rings (SSSR count). The first-order valence-corrected chi connectivity index (χ1v) is 18.3. The van der Waals surface area contributed by atoms with Crippen LogP contribution in [-0.4, -0.2) is 29.5 Å². The van der Waals surface area contributed by atoms with Gasteiger partial charge in [0, 0.05) is 34.3 Å². The quantitative estimate of drug-likeness (QED) is 0.165. The second kappa shape index (κ2) is 13.8. The minimum absolute atomic E-state index is 0.495. The van der Waals surface area contributed by atoms with Crippen molar-refractivity contribution in [2.45, 2.75) is 0 Å². The number of benzene rings is 7. The molecule has 0 amide bonds. The van der Waals surface area contributed by atoms with Crippen LogP contribution in [0.5, 0.6) is 0 Å². The summed E-state index contributed by atoms with van der Waals surface area (Å²) >= 11 is 0. The molecular weight excluding hydrogens is 673 g/mol. The van der Waals surface area contributed by atoms with Gasteiger partial charge in [0.1, 0.15) is 0 Å². The average Bonchev–Trinajstić information content (AvgIpc) is 3.61. The molecule has 3 heterocycles. The van der Waals surface area contributed by atoms with Crippen LogP contribution < -0.4 is 0 Å². The number of fused-ring (bicyclic) bond motifs is 3. The van der Waals surface area contributed by atoms with Crippen molar-refractivity contribution in [1.82, 2.24) is 29.5 Å². The lowest BCUT2D eigenvalue weighted by atomic mass is 9.90. The molecule has 6 nitrogen and oxygen atoms in total. The van der Waals surface area contributed by atoms with E-state index in [2.05, 4.69) is 132 Å². The first kappa shape index (κ1) is 32.1. The topological polar surface area (TPSA) is 69.4 Å². The third-order valence-corrected chi connectivity index (χ3v) is 10.0. The fourth-order valence-corrected chi connectivity index (χ4v) is 7.40. The van der Waals surface area contributed by atoms with Crippen LogP contribution in [-0.2, 0) is 0 Å². The summed E-state index contributed by atoms with van der Waals surface area (Å²) in [4.78, 5) is 25.0. The molecule has 0 saturated carbocycles. The van der Waals surface area contributed by atoms with Crippen molar-refractivity contribution >= 4 is 21.8 Å². The first-order chi connectivity index (χ1) is 27.3. The fraction of sp³-hybridized carbons (Fsp3) is 0. The number of aromatic nitrogens is 6. The zero-order valence-corrected chi connectivity index (χ0v) is 29.7. The van der Waals surface area contributed by atoms with Crippen molar-refractivity contribution in [3.8, 4) is 73.5 Å². The average molecular weight is 705 g/mol. The number of hydrogen-bond acceptors (Lipinski definition) is 5. The largest absolute Gasteiger partial charge is 0.278 e. The Kier molecular flexibility index (Phi) is 8.04. The molecule has 0 fully saturated rings. The van der Waals surface area contributed by atoms with Gasteiger partial charge in [0.25, 0.3) is 0 Å². The van der Waals surface area contributed by atoms with Gasteiger partial charge in [-0.15, -0.1) is 0 Å². The highest BCUT2D eigenvalue weighted by molar-refractivity contribution is 6.09. The van der Waals surface area contributed by atoms with E-state index >= 15 is 0 Å². The molecule has 7 aromatic carbocycles.